The molecule has 0 atom stereocenters. The molecule has 2 amide bonds. The first-order chi connectivity index (χ1) is 8.61. The summed E-state index contributed by atoms with van der Waals surface area (Å²) in [6.07, 6.45) is 0.634. The van der Waals surface area contributed by atoms with Crippen LogP contribution in [0.25, 0.3) is 0 Å². The zero-order valence-electron chi connectivity index (χ0n) is 13.1. The van der Waals surface area contributed by atoms with Crippen molar-refractivity contribution in [3.05, 3.63) is 0 Å². The van der Waals surface area contributed by atoms with Crippen LogP contribution >= 0.6 is 0 Å². The summed E-state index contributed by atoms with van der Waals surface area (Å²) < 4.78 is 5.10. The van der Waals surface area contributed by atoms with Crippen molar-refractivity contribution < 1.29 is 14.3 Å². The van der Waals surface area contributed by atoms with Gasteiger partial charge in [0.25, 0.3) is 0 Å². The minimum absolute atomic E-state index is 0.111. The van der Waals surface area contributed by atoms with Crippen molar-refractivity contribution in [1.82, 2.24) is 10.2 Å². The molecule has 0 aromatic carbocycles. The summed E-state index contributed by atoms with van der Waals surface area (Å²) in [5, 5.41) is 2.64. The number of hydrogen-bond acceptors (Lipinski definition) is 3. The van der Waals surface area contributed by atoms with Crippen molar-refractivity contribution >= 4 is 12.0 Å². The number of amides is 2. The van der Waals surface area contributed by atoms with E-state index in [1.165, 1.54) is 0 Å². The van der Waals surface area contributed by atoms with Gasteiger partial charge < -0.3 is 15.0 Å². The molecule has 0 saturated carbocycles. The van der Waals surface area contributed by atoms with Crippen molar-refractivity contribution in [3.8, 4) is 0 Å². The molecule has 5 nitrogen and oxygen atoms in total. The maximum absolute atomic E-state index is 11.7. The van der Waals surface area contributed by atoms with Crippen LogP contribution in [-0.2, 0) is 9.53 Å². The molecule has 19 heavy (non-hydrogen) atoms. The SMILES string of the molecule is CC(C)CN(C)C(=O)CCCNC(=O)OC(C)(C)C. The van der Waals surface area contributed by atoms with Gasteiger partial charge in [-0.15, -0.1) is 0 Å². The molecule has 0 fully saturated rings. The van der Waals surface area contributed by atoms with E-state index in [1.807, 2.05) is 27.8 Å². The summed E-state index contributed by atoms with van der Waals surface area (Å²) >= 11 is 0. The molecule has 0 aliphatic heterocycles. The zero-order chi connectivity index (χ0) is 15.1. The van der Waals surface area contributed by atoms with Crippen LogP contribution < -0.4 is 5.32 Å². The third-order valence-electron chi connectivity index (χ3n) is 2.30. The minimum Gasteiger partial charge on any atom is -0.444 e. The summed E-state index contributed by atoms with van der Waals surface area (Å²) in [6, 6.07) is 0. The lowest BCUT2D eigenvalue weighted by molar-refractivity contribution is -0.130. The van der Waals surface area contributed by atoms with Crippen LogP contribution in [-0.4, -0.2) is 42.6 Å². The molecule has 0 heterocycles. The van der Waals surface area contributed by atoms with Gasteiger partial charge in [-0.2, -0.15) is 0 Å². The molecule has 0 aliphatic carbocycles. The average Bonchev–Trinajstić information content (AvgIpc) is 2.20. The highest BCUT2D eigenvalue weighted by Crippen LogP contribution is 2.06. The van der Waals surface area contributed by atoms with Crippen LogP contribution in [0.1, 0.15) is 47.5 Å². The van der Waals surface area contributed by atoms with Crippen LogP contribution in [0, 0.1) is 5.92 Å². The van der Waals surface area contributed by atoms with Gasteiger partial charge in [0.05, 0.1) is 0 Å². The Bertz CT molecular complexity index is 296. The highest BCUT2D eigenvalue weighted by molar-refractivity contribution is 5.76. The average molecular weight is 272 g/mol. The Labute approximate surface area is 116 Å². The standard InChI is InChI=1S/C14H28N2O3/c1-11(2)10-16(6)12(17)8-7-9-15-13(18)19-14(3,4)5/h11H,7-10H2,1-6H3,(H,15,18). The van der Waals surface area contributed by atoms with Crippen molar-refractivity contribution in [2.45, 2.75) is 53.1 Å². The second-order valence-corrected chi connectivity index (χ2v) is 6.20. The Balaban J connectivity index is 3.75. The number of carbonyl (C=O) groups excluding carboxylic acids is 2. The van der Waals surface area contributed by atoms with E-state index in [0.717, 1.165) is 6.54 Å². The molecule has 112 valence electrons. The summed E-state index contributed by atoms with van der Waals surface area (Å²) in [6.45, 7) is 10.8. The summed E-state index contributed by atoms with van der Waals surface area (Å²) in [4.78, 5) is 24.8. The van der Waals surface area contributed by atoms with Crippen molar-refractivity contribution in [2.75, 3.05) is 20.1 Å². The van der Waals surface area contributed by atoms with E-state index in [9.17, 15) is 9.59 Å². The molecule has 0 aromatic rings. The molecule has 0 rings (SSSR count). The number of nitrogens with zero attached hydrogens (tertiary/aromatic N) is 1. The van der Waals surface area contributed by atoms with E-state index in [2.05, 4.69) is 19.2 Å². The summed E-state index contributed by atoms with van der Waals surface area (Å²) in [5.74, 6) is 0.577. The number of hydrogen-bond donors (Lipinski definition) is 1. The van der Waals surface area contributed by atoms with Gasteiger partial charge >= 0.3 is 6.09 Å². The number of nitrogens with one attached hydrogen (secondary N) is 1. The normalized spacial score (nSPS) is 11.3. The topological polar surface area (TPSA) is 58.6 Å². The molecule has 1 N–H and O–H groups in total. The maximum atomic E-state index is 11.7. The van der Waals surface area contributed by atoms with Gasteiger partial charge in [0, 0.05) is 26.6 Å². The van der Waals surface area contributed by atoms with Gasteiger partial charge in [0.15, 0.2) is 0 Å². The molecule has 0 aliphatic rings. The predicted octanol–water partition coefficient (Wildman–Crippen LogP) is 2.41. The van der Waals surface area contributed by atoms with Gasteiger partial charge in [-0.3, -0.25) is 4.79 Å². The molecule has 5 heteroatoms. The van der Waals surface area contributed by atoms with E-state index in [1.54, 1.807) is 4.90 Å². The van der Waals surface area contributed by atoms with Crippen LogP contribution in [0.4, 0.5) is 4.79 Å². The third kappa shape index (κ3) is 10.4. The fourth-order valence-electron chi connectivity index (χ4n) is 1.58. The Morgan fingerprint density at radius 3 is 2.32 bits per heavy atom. The number of rotatable bonds is 6. The molecule has 0 spiro atoms. The van der Waals surface area contributed by atoms with E-state index in [-0.39, 0.29) is 5.91 Å². The fourth-order valence-corrected chi connectivity index (χ4v) is 1.58. The second-order valence-electron chi connectivity index (χ2n) is 6.20. The van der Waals surface area contributed by atoms with Crippen molar-refractivity contribution in [1.29, 1.82) is 0 Å². The van der Waals surface area contributed by atoms with Gasteiger partial charge in [-0.25, -0.2) is 4.79 Å². The lowest BCUT2D eigenvalue weighted by Gasteiger charge is -2.20. The molecular formula is C14H28N2O3. The fraction of sp³-hybridized carbons (Fsp3) is 0.857. The first-order valence-electron chi connectivity index (χ1n) is 6.82. The molecule has 0 radical (unpaired) electrons. The molecule has 0 bridgehead atoms. The summed E-state index contributed by atoms with van der Waals surface area (Å²) in [7, 11) is 1.81. The smallest absolute Gasteiger partial charge is 0.407 e. The van der Waals surface area contributed by atoms with E-state index < -0.39 is 11.7 Å². The molecular weight excluding hydrogens is 244 g/mol. The van der Waals surface area contributed by atoms with Gasteiger partial charge in [0.1, 0.15) is 5.60 Å². The number of carbonyl (C=O) groups is 2. The Morgan fingerprint density at radius 2 is 1.84 bits per heavy atom. The zero-order valence-corrected chi connectivity index (χ0v) is 13.1. The first kappa shape index (κ1) is 17.7. The lowest BCUT2D eigenvalue weighted by Crippen LogP contribution is -2.34. The monoisotopic (exact) mass is 272 g/mol. The van der Waals surface area contributed by atoms with Crippen LogP contribution in [0.15, 0.2) is 0 Å². The van der Waals surface area contributed by atoms with Crippen LogP contribution in [0.3, 0.4) is 0 Å². The Kier molecular flexibility index (Phi) is 7.49. The lowest BCUT2D eigenvalue weighted by atomic mass is 10.2. The maximum Gasteiger partial charge on any atom is 0.407 e. The van der Waals surface area contributed by atoms with Crippen LogP contribution in [0.2, 0.25) is 0 Å². The predicted molar refractivity (Wildman–Crippen MR) is 75.9 cm³/mol. The van der Waals surface area contributed by atoms with Gasteiger partial charge in [-0.1, -0.05) is 13.8 Å². The third-order valence-corrected chi connectivity index (χ3v) is 2.30. The van der Waals surface area contributed by atoms with E-state index in [4.69, 9.17) is 4.74 Å². The minimum atomic E-state index is -0.489. The Morgan fingerprint density at radius 1 is 1.26 bits per heavy atom. The van der Waals surface area contributed by atoms with Crippen molar-refractivity contribution in [3.63, 3.8) is 0 Å². The summed E-state index contributed by atoms with van der Waals surface area (Å²) in [5.41, 5.74) is -0.489. The first-order valence-corrected chi connectivity index (χ1v) is 6.82. The second kappa shape index (κ2) is 8.02. The highest BCUT2D eigenvalue weighted by atomic mass is 16.6. The van der Waals surface area contributed by atoms with Gasteiger partial charge in [-0.05, 0) is 33.1 Å². The highest BCUT2D eigenvalue weighted by Gasteiger charge is 2.15. The van der Waals surface area contributed by atoms with Gasteiger partial charge in [0.2, 0.25) is 5.91 Å². The van der Waals surface area contributed by atoms with Crippen LogP contribution in [0.5, 0.6) is 0 Å². The molecule has 0 unspecified atom stereocenters. The Hall–Kier alpha value is -1.26. The van der Waals surface area contributed by atoms with E-state index >= 15 is 0 Å². The van der Waals surface area contributed by atoms with E-state index in [0.29, 0.717) is 25.3 Å². The number of ether oxygens (including phenoxy) is 1. The number of alkyl carbamates (subject to hydrolysis) is 1. The van der Waals surface area contributed by atoms with Crippen molar-refractivity contribution in [2.24, 2.45) is 5.92 Å². The molecule has 0 aromatic heterocycles. The molecule has 0 saturated heterocycles. The quantitative estimate of drug-likeness (QED) is 0.755. The largest absolute Gasteiger partial charge is 0.444 e.